The number of hydrogen-bond acceptors (Lipinski definition) is 19. The number of rotatable bonds is 31. The number of hydrogen-bond donors (Lipinski definition) is 8. The number of carboxylic acids is 2. The number of anilines is 5. The van der Waals surface area contributed by atoms with Gasteiger partial charge >= 0.3 is 24.1 Å². The molecule has 0 radical (unpaired) electrons. The second kappa shape index (κ2) is 29.9. The van der Waals surface area contributed by atoms with Crippen LogP contribution in [0.1, 0.15) is 138 Å². The number of nitrogens with one attached hydrogen (secondary N) is 5. The summed E-state index contributed by atoms with van der Waals surface area (Å²) >= 11 is 1.54. The molecule has 6 aliphatic rings. The van der Waals surface area contributed by atoms with Crippen LogP contribution in [0.5, 0.6) is 0 Å². The lowest BCUT2D eigenvalue weighted by Gasteiger charge is -2.70. The van der Waals surface area contributed by atoms with E-state index in [1.807, 2.05) is 59.8 Å². The van der Waals surface area contributed by atoms with Crippen LogP contribution in [0.25, 0.3) is 21.3 Å². The second-order valence-corrected chi connectivity index (χ2v) is 29.7. The molecule has 4 atom stereocenters. The molecule has 6 aromatic rings. The van der Waals surface area contributed by atoms with Gasteiger partial charge in [-0.3, -0.25) is 43.2 Å². The van der Waals surface area contributed by atoms with Crippen LogP contribution in [-0.4, -0.2) is 162 Å². The molecule has 0 spiro atoms. The van der Waals surface area contributed by atoms with E-state index < -0.39 is 78.1 Å². The fourth-order valence-corrected chi connectivity index (χ4v) is 17.7. The summed E-state index contributed by atoms with van der Waals surface area (Å²) in [5.41, 5.74) is 10.7. The molecule has 0 saturated heterocycles. The quantitative estimate of drug-likeness (QED) is 0.0149. The predicted molar refractivity (Wildman–Crippen MR) is 371 cm³/mol. The average molecular weight is 1390 g/mol. The molecule has 28 nitrogen and oxygen atoms in total. The van der Waals surface area contributed by atoms with Crippen LogP contribution in [-0.2, 0) is 57.8 Å². The van der Waals surface area contributed by atoms with Crippen molar-refractivity contribution >= 4 is 103 Å². The lowest BCUT2D eigenvalue weighted by Crippen LogP contribution is -2.60. The van der Waals surface area contributed by atoms with Gasteiger partial charge < -0.3 is 56.9 Å². The second-order valence-electron chi connectivity index (χ2n) is 28.7. The molecular formula is C71H87N15O13S. The number of amides is 8. The first kappa shape index (κ1) is 71.4. The Morgan fingerprint density at radius 2 is 1.55 bits per heavy atom. The zero-order chi connectivity index (χ0) is 71.3. The molecule has 4 aliphatic carbocycles. The van der Waals surface area contributed by atoms with Gasteiger partial charge in [0.05, 0.1) is 36.2 Å². The number of aliphatic carboxylic acids is 1. The summed E-state index contributed by atoms with van der Waals surface area (Å²) in [7, 11) is 0. The number of aromatic nitrogens is 6. The monoisotopic (exact) mass is 1390 g/mol. The number of primary amides is 1. The Morgan fingerprint density at radius 1 is 0.820 bits per heavy atom. The van der Waals surface area contributed by atoms with Crippen molar-refractivity contribution in [2.45, 2.75) is 150 Å². The molecule has 4 aromatic heterocycles. The van der Waals surface area contributed by atoms with Crippen LogP contribution in [0.2, 0.25) is 0 Å². The lowest BCUT2D eigenvalue weighted by atomic mass is 9.35. The summed E-state index contributed by atoms with van der Waals surface area (Å²) in [4.78, 5) is 129. The van der Waals surface area contributed by atoms with Crippen LogP contribution >= 0.6 is 11.3 Å². The first-order valence-corrected chi connectivity index (χ1v) is 34.8. The van der Waals surface area contributed by atoms with Gasteiger partial charge in [-0.25, -0.2) is 24.4 Å². The number of carbonyl (C=O) groups is 9. The van der Waals surface area contributed by atoms with E-state index in [1.165, 1.54) is 16.2 Å². The SMILES string of the molecule is Cc1c(Nc2nc3ccccc3s2)nnc2c1CCCN2c1ccc(-c2cnn(CC34CC5(C)CC(C)(CC(CCCN(CC(=O)O)C(=O)OCc6ccc(NC(=O)[C@H](CCCNC(N)=O)NC(=O)[C@@H](NC(=O)CCOCCN7C(=O)C=CC7=O)C(C)C)cc6)(C5)C3)C4)c2C)c(C(=O)O)n1. The molecule has 12 rings (SSSR count). The standard InChI is InChI=1S/C71H87N15O13S/c1-42(2)58(79-54(87)24-30-98-31-29-85-55(88)22-23-56(85)89)63(93)76-51(14-9-26-73-65(72)96)62(92)75-46-18-16-45(17-19-46)34-99-67(97)83(33-57(90)91)27-11-25-70-36-68(5)35-69(6,37-70)39-71(38-68,40-70)41-86-44(4)49(32-74-86)48-20-21-53(78-59(48)64(94)95)84-28-10-12-47-43(3)60(81-82-61(47)84)80-66-77-50-13-7-8-15-52(50)100-66/h7-8,13,15-23,32,42,51,58H,9-12,14,24-31,33-41H2,1-6H3,(H,75,92)(H,76,93)(H,79,87)(H,90,91)(H,94,95)(H3,72,73,96)(H,77,80,81)/t51-,58-,68?,69?,70?,71?/m0/s1. The fraction of sp³-hybridized carbons (Fsp3) is 0.493. The van der Waals surface area contributed by atoms with Crippen molar-refractivity contribution in [3.05, 3.63) is 107 Å². The number of benzene rings is 2. The zero-order valence-corrected chi connectivity index (χ0v) is 58.0. The number of fused-ring (bicyclic) bond motifs is 2. The minimum absolute atomic E-state index is 0.0115. The number of carbonyl (C=O) groups excluding carboxylic acids is 7. The number of nitrogens with zero attached hydrogens (tertiary/aromatic N) is 9. The largest absolute Gasteiger partial charge is 0.480 e. The third-order valence-electron chi connectivity index (χ3n) is 20.0. The van der Waals surface area contributed by atoms with Crippen LogP contribution < -0.4 is 37.2 Å². The van der Waals surface area contributed by atoms with Gasteiger partial charge in [0.15, 0.2) is 22.5 Å². The summed E-state index contributed by atoms with van der Waals surface area (Å²) in [5, 5.41) is 49.8. The van der Waals surface area contributed by atoms with E-state index in [0.717, 1.165) is 107 Å². The van der Waals surface area contributed by atoms with E-state index in [-0.39, 0.29) is 86.1 Å². The maximum Gasteiger partial charge on any atom is 0.410 e. The molecule has 2 aromatic carbocycles. The molecule has 4 fully saturated rings. The van der Waals surface area contributed by atoms with Gasteiger partial charge in [0.1, 0.15) is 31.1 Å². The molecule has 9 N–H and O–H groups in total. The Labute approximate surface area is 582 Å². The molecule has 8 amide bonds. The Balaban J connectivity index is 0.690. The maximum absolute atomic E-state index is 13.8. The van der Waals surface area contributed by atoms with Crippen molar-refractivity contribution in [1.29, 1.82) is 0 Å². The Morgan fingerprint density at radius 3 is 2.25 bits per heavy atom. The molecule has 4 saturated carbocycles. The molecule has 100 heavy (non-hydrogen) atoms. The van der Waals surface area contributed by atoms with Crippen molar-refractivity contribution in [2.24, 2.45) is 33.3 Å². The van der Waals surface area contributed by atoms with E-state index in [9.17, 15) is 53.4 Å². The normalized spacial score (nSPS) is 21.0. The zero-order valence-electron chi connectivity index (χ0n) is 57.2. The summed E-state index contributed by atoms with van der Waals surface area (Å²) in [6.45, 7) is 12.9. The first-order chi connectivity index (χ1) is 47.7. The molecule has 4 bridgehead atoms. The van der Waals surface area contributed by atoms with Crippen LogP contribution in [0.15, 0.2) is 79.0 Å². The van der Waals surface area contributed by atoms with E-state index >= 15 is 0 Å². The summed E-state index contributed by atoms with van der Waals surface area (Å²) in [6, 6.07) is 15.1. The third kappa shape index (κ3) is 16.5. The number of ether oxygens (including phenoxy) is 2. The highest BCUT2D eigenvalue weighted by Crippen LogP contribution is 2.75. The number of imide groups is 1. The minimum atomic E-state index is -1.18. The number of pyridine rings is 1. The fourth-order valence-electron chi connectivity index (χ4n) is 16.8. The lowest BCUT2D eigenvalue weighted by molar-refractivity contribution is -0.198. The Bertz CT molecular complexity index is 4100. The molecule has 530 valence electrons. The average Bonchev–Trinajstić information content (AvgIpc) is 0.814. The molecule has 2 unspecified atom stereocenters. The van der Waals surface area contributed by atoms with E-state index in [0.29, 0.717) is 59.3 Å². The molecule has 6 heterocycles. The molecule has 2 aliphatic heterocycles. The predicted octanol–water partition coefficient (Wildman–Crippen LogP) is 8.70. The van der Waals surface area contributed by atoms with Crippen LogP contribution in [0.4, 0.5) is 37.9 Å². The number of para-hydroxylation sites is 1. The highest BCUT2D eigenvalue weighted by Gasteiger charge is 2.65. The van der Waals surface area contributed by atoms with Crippen LogP contribution in [0.3, 0.4) is 0 Å². The van der Waals surface area contributed by atoms with Crippen LogP contribution in [0, 0.1) is 41.4 Å². The number of nitrogens with two attached hydrogens (primary N) is 1. The van der Waals surface area contributed by atoms with Gasteiger partial charge in [0, 0.05) is 78.4 Å². The maximum atomic E-state index is 13.8. The number of aromatic carboxylic acids is 1. The smallest absolute Gasteiger partial charge is 0.410 e. The first-order valence-electron chi connectivity index (χ1n) is 34.0. The van der Waals surface area contributed by atoms with E-state index in [2.05, 4.69) is 50.6 Å². The van der Waals surface area contributed by atoms with Crippen molar-refractivity contribution < 1.29 is 62.8 Å². The van der Waals surface area contributed by atoms with Gasteiger partial charge in [-0.05, 0) is 160 Å². The van der Waals surface area contributed by atoms with Gasteiger partial charge in [-0.1, -0.05) is 63.3 Å². The molecule has 29 heteroatoms. The summed E-state index contributed by atoms with van der Waals surface area (Å²) in [5.74, 6) is -3.66. The van der Waals surface area contributed by atoms with Gasteiger partial charge in [-0.2, -0.15) is 5.10 Å². The van der Waals surface area contributed by atoms with E-state index in [1.54, 1.807) is 44.3 Å². The van der Waals surface area contributed by atoms with Crippen molar-refractivity contribution in [1.82, 2.24) is 55.7 Å². The topological polar surface area (TPSA) is 378 Å². The third-order valence-corrected chi connectivity index (χ3v) is 20.9. The van der Waals surface area contributed by atoms with E-state index in [4.69, 9.17) is 30.3 Å². The number of carboxylic acid groups (broad SMARTS) is 2. The highest BCUT2D eigenvalue weighted by atomic mass is 32.1. The van der Waals surface area contributed by atoms with Crippen molar-refractivity contribution in [3.63, 3.8) is 0 Å². The van der Waals surface area contributed by atoms with Crippen molar-refractivity contribution in [2.75, 3.05) is 61.5 Å². The van der Waals surface area contributed by atoms with Gasteiger partial charge in [0.2, 0.25) is 17.7 Å². The van der Waals surface area contributed by atoms with Gasteiger partial charge in [-0.15, -0.1) is 10.2 Å². The number of urea groups is 1. The Kier molecular flexibility index (Phi) is 21.3. The van der Waals surface area contributed by atoms with Gasteiger partial charge in [0.25, 0.3) is 11.8 Å². The molecular weight excluding hydrogens is 1300 g/mol. The minimum Gasteiger partial charge on any atom is -0.480 e. The van der Waals surface area contributed by atoms with Crippen molar-refractivity contribution in [3.8, 4) is 11.1 Å². The number of thiazole rings is 1. The highest BCUT2D eigenvalue weighted by molar-refractivity contribution is 7.22. The Hall–Kier alpha value is -9.90. The summed E-state index contributed by atoms with van der Waals surface area (Å²) < 4.78 is 14.3. The summed E-state index contributed by atoms with van der Waals surface area (Å²) in [6.07, 6.45) is 12.4.